The highest BCUT2D eigenvalue weighted by molar-refractivity contribution is 5.96. The normalized spacial score (nSPS) is 23.8. The van der Waals surface area contributed by atoms with Crippen LogP contribution in [0.25, 0.3) is 0 Å². The van der Waals surface area contributed by atoms with Gasteiger partial charge >= 0.3 is 6.09 Å². The zero-order valence-electron chi connectivity index (χ0n) is 13.2. The maximum atomic E-state index is 12.3. The number of Topliss-reactive ketones (excluding diaryl/α,β-unsaturated/α-hetero) is 1. The number of piperazine rings is 1. The van der Waals surface area contributed by atoms with E-state index in [1.54, 1.807) is 9.80 Å². The van der Waals surface area contributed by atoms with Crippen LogP contribution in [0.5, 0.6) is 0 Å². The molecule has 2 fully saturated rings. The van der Waals surface area contributed by atoms with Crippen molar-refractivity contribution in [2.45, 2.75) is 52.2 Å². The number of ether oxygens (including phenoxy) is 1. The Kier molecular flexibility index (Phi) is 4.25. The van der Waals surface area contributed by atoms with Crippen molar-refractivity contribution in [2.75, 3.05) is 19.6 Å². The van der Waals surface area contributed by atoms with E-state index in [-0.39, 0.29) is 29.7 Å². The summed E-state index contributed by atoms with van der Waals surface area (Å²) in [7, 11) is 0. The molecule has 0 spiro atoms. The topological polar surface area (TPSA) is 66.9 Å². The fourth-order valence-electron chi connectivity index (χ4n) is 2.68. The maximum absolute atomic E-state index is 12.3. The number of ketones is 1. The lowest BCUT2D eigenvalue weighted by Crippen LogP contribution is -2.58. The Morgan fingerprint density at radius 1 is 1.19 bits per heavy atom. The van der Waals surface area contributed by atoms with Crippen molar-refractivity contribution in [2.24, 2.45) is 5.92 Å². The molecule has 0 aromatic carbocycles. The van der Waals surface area contributed by atoms with Crippen LogP contribution >= 0.6 is 0 Å². The molecule has 0 aromatic rings. The monoisotopic (exact) mass is 296 g/mol. The Hall–Kier alpha value is -1.59. The van der Waals surface area contributed by atoms with Gasteiger partial charge < -0.3 is 14.5 Å². The standard InChI is InChI=1S/C15H24N2O4/c1-10-9-16(14(20)21-15(2,3)4)5-6-17(10)13(19)11-7-12(18)8-11/h10-11H,5-9H2,1-4H3/t10-/m1/s1. The summed E-state index contributed by atoms with van der Waals surface area (Å²) in [5, 5.41) is 0. The van der Waals surface area contributed by atoms with Crippen LogP contribution in [-0.2, 0) is 14.3 Å². The first kappa shape index (κ1) is 15.8. The molecule has 1 heterocycles. The van der Waals surface area contributed by atoms with Gasteiger partial charge in [0.1, 0.15) is 11.4 Å². The third kappa shape index (κ3) is 3.74. The predicted octanol–water partition coefficient (Wildman–Crippen LogP) is 1.43. The van der Waals surface area contributed by atoms with Gasteiger partial charge in [-0.2, -0.15) is 0 Å². The number of rotatable bonds is 1. The van der Waals surface area contributed by atoms with Crippen molar-refractivity contribution in [3.05, 3.63) is 0 Å². The Morgan fingerprint density at radius 2 is 1.81 bits per heavy atom. The molecule has 1 saturated heterocycles. The Morgan fingerprint density at radius 3 is 2.29 bits per heavy atom. The molecule has 0 radical (unpaired) electrons. The molecule has 0 N–H and O–H groups in total. The molecule has 0 unspecified atom stereocenters. The average molecular weight is 296 g/mol. The molecule has 1 saturated carbocycles. The minimum atomic E-state index is -0.514. The summed E-state index contributed by atoms with van der Waals surface area (Å²) in [5.74, 6) is 0.0624. The summed E-state index contributed by atoms with van der Waals surface area (Å²) in [6.07, 6.45) is 0.413. The van der Waals surface area contributed by atoms with Gasteiger partial charge in [0, 0.05) is 38.5 Å². The third-order valence-electron chi connectivity index (χ3n) is 3.86. The van der Waals surface area contributed by atoms with Gasteiger partial charge in [-0.15, -0.1) is 0 Å². The first-order chi connectivity index (χ1) is 9.67. The highest BCUT2D eigenvalue weighted by atomic mass is 16.6. The van der Waals surface area contributed by atoms with Gasteiger partial charge in [0.2, 0.25) is 5.91 Å². The lowest BCUT2D eigenvalue weighted by molar-refractivity contribution is -0.148. The minimum Gasteiger partial charge on any atom is -0.444 e. The van der Waals surface area contributed by atoms with E-state index in [1.807, 2.05) is 27.7 Å². The van der Waals surface area contributed by atoms with Crippen molar-refractivity contribution in [3.8, 4) is 0 Å². The van der Waals surface area contributed by atoms with E-state index in [9.17, 15) is 14.4 Å². The Bertz CT molecular complexity index is 447. The second kappa shape index (κ2) is 5.66. The van der Waals surface area contributed by atoms with Gasteiger partial charge in [-0.3, -0.25) is 9.59 Å². The van der Waals surface area contributed by atoms with E-state index in [1.165, 1.54) is 0 Å². The molecule has 6 nitrogen and oxygen atoms in total. The van der Waals surface area contributed by atoms with Crippen molar-refractivity contribution in [1.29, 1.82) is 0 Å². The van der Waals surface area contributed by atoms with E-state index in [0.29, 0.717) is 32.5 Å². The van der Waals surface area contributed by atoms with Gasteiger partial charge in [-0.05, 0) is 27.7 Å². The molecule has 2 rings (SSSR count). The van der Waals surface area contributed by atoms with Crippen LogP contribution in [0.3, 0.4) is 0 Å². The van der Waals surface area contributed by atoms with Crippen molar-refractivity contribution in [3.63, 3.8) is 0 Å². The third-order valence-corrected chi connectivity index (χ3v) is 3.86. The van der Waals surface area contributed by atoms with Crippen LogP contribution in [-0.4, -0.2) is 58.9 Å². The highest BCUT2D eigenvalue weighted by Crippen LogP contribution is 2.27. The molecule has 0 bridgehead atoms. The van der Waals surface area contributed by atoms with E-state index in [4.69, 9.17) is 4.74 Å². The number of nitrogens with zero attached hydrogens (tertiary/aromatic N) is 2. The summed E-state index contributed by atoms with van der Waals surface area (Å²) in [5.41, 5.74) is -0.514. The predicted molar refractivity (Wildman–Crippen MR) is 76.7 cm³/mol. The SMILES string of the molecule is C[C@@H]1CN(C(=O)OC(C)(C)C)CCN1C(=O)C1CC(=O)C1. The highest BCUT2D eigenvalue weighted by Gasteiger charge is 2.39. The van der Waals surface area contributed by atoms with Crippen molar-refractivity contribution < 1.29 is 19.1 Å². The molecule has 0 aromatic heterocycles. The first-order valence-electron chi connectivity index (χ1n) is 7.47. The fourth-order valence-corrected chi connectivity index (χ4v) is 2.68. The van der Waals surface area contributed by atoms with E-state index in [0.717, 1.165) is 0 Å². The van der Waals surface area contributed by atoms with Gasteiger partial charge in [-0.25, -0.2) is 4.79 Å². The zero-order chi connectivity index (χ0) is 15.8. The van der Waals surface area contributed by atoms with E-state index in [2.05, 4.69) is 0 Å². The second-order valence-corrected chi connectivity index (χ2v) is 6.95. The summed E-state index contributed by atoms with van der Waals surface area (Å²) in [4.78, 5) is 38.8. The number of hydrogen-bond donors (Lipinski definition) is 0. The molecule has 1 aliphatic heterocycles. The van der Waals surface area contributed by atoms with E-state index < -0.39 is 5.60 Å². The zero-order valence-corrected chi connectivity index (χ0v) is 13.2. The van der Waals surface area contributed by atoms with Crippen molar-refractivity contribution >= 4 is 17.8 Å². The molecule has 2 aliphatic rings. The molecular weight excluding hydrogens is 272 g/mol. The Labute approximate surface area is 125 Å². The van der Waals surface area contributed by atoms with Crippen LogP contribution in [0, 0.1) is 5.92 Å². The van der Waals surface area contributed by atoms with Crippen LogP contribution in [0.1, 0.15) is 40.5 Å². The molecule has 1 atom stereocenters. The largest absolute Gasteiger partial charge is 0.444 e. The smallest absolute Gasteiger partial charge is 0.410 e. The van der Waals surface area contributed by atoms with Crippen LogP contribution in [0.2, 0.25) is 0 Å². The number of amides is 2. The minimum absolute atomic E-state index is 0.0468. The maximum Gasteiger partial charge on any atom is 0.410 e. The lowest BCUT2D eigenvalue weighted by Gasteiger charge is -2.42. The van der Waals surface area contributed by atoms with Gasteiger partial charge in [0.25, 0.3) is 0 Å². The lowest BCUT2D eigenvalue weighted by atomic mass is 9.82. The molecule has 1 aliphatic carbocycles. The number of carbonyl (C=O) groups is 3. The van der Waals surface area contributed by atoms with Gasteiger partial charge in [0.05, 0.1) is 5.92 Å². The fraction of sp³-hybridized carbons (Fsp3) is 0.800. The van der Waals surface area contributed by atoms with Crippen LogP contribution in [0.15, 0.2) is 0 Å². The molecule has 2 amide bonds. The molecule has 6 heteroatoms. The molecular formula is C15H24N2O4. The van der Waals surface area contributed by atoms with Gasteiger partial charge in [0.15, 0.2) is 0 Å². The summed E-state index contributed by atoms with van der Waals surface area (Å²) >= 11 is 0. The average Bonchev–Trinajstić information content (AvgIpc) is 2.32. The Balaban J connectivity index is 1.88. The van der Waals surface area contributed by atoms with Gasteiger partial charge in [-0.1, -0.05) is 0 Å². The molecule has 118 valence electrons. The number of hydrogen-bond acceptors (Lipinski definition) is 4. The van der Waals surface area contributed by atoms with Crippen LogP contribution < -0.4 is 0 Å². The molecule has 21 heavy (non-hydrogen) atoms. The van der Waals surface area contributed by atoms with E-state index >= 15 is 0 Å². The van der Waals surface area contributed by atoms with Crippen molar-refractivity contribution in [1.82, 2.24) is 9.80 Å². The summed E-state index contributed by atoms with van der Waals surface area (Å²) < 4.78 is 5.35. The summed E-state index contributed by atoms with van der Waals surface area (Å²) in [6.45, 7) is 8.89. The second-order valence-electron chi connectivity index (χ2n) is 6.95. The van der Waals surface area contributed by atoms with Crippen LogP contribution in [0.4, 0.5) is 4.79 Å². The summed E-state index contributed by atoms with van der Waals surface area (Å²) in [6, 6.07) is -0.0468. The first-order valence-corrected chi connectivity index (χ1v) is 7.47. The number of carbonyl (C=O) groups excluding carboxylic acids is 3. The quantitative estimate of drug-likeness (QED) is 0.734.